The Morgan fingerprint density at radius 2 is 2.21 bits per heavy atom. The Kier molecular flexibility index (Phi) is 5.12. The van der Waals surface area contributed by atoms with Crippen molar-refractivity contribution < 1.29 is 0 Å². The van der Waals surface area contributed by atoms with Crippen molar-refractivity contribution >= 4 is 17.4 Å². The molecular formula is C15H21N3S. The first-order chi connectivity index (χ1) is 9.31. The van der Waals surface area contributed by atoms with Gasteiger partial charge < -0.3 is 10.2 Å². The number of nitrogens with one attached hydrogen (secondary N) is 1. The number of thioether (sulfide) groups is 1. The van der Waals surface area contributed by atoms with E-state index in [0.717, 1.165) is 48.0 Å². The van der Waals surface area contributed by atoms with Gasteiger partial charge in [0, 0.05) is 24.5 Å². The number of nitrogens with zero attached hydrogens (tertiary/aromatic N) is 2. The molecule has 0 amide bonds. The maximum atomic E-state index is 9.51. The molecule has 2 rings (SSSR count). The molecule has 1 N–H and O–H groups in total. The lowest BCUT2D eigenvalue weighted by Gasteiger charge is -2.40. The van der Waals surface area contributed by atoms with Gasteiger partial charge >= 0.3 is 0 Å². The van der Waals surface area contributed by atoms with E-state index in [9.17, 15) is 5.26 Å². The van der Waals surface area contributed by atoms with Crippen molar-refractivity contribution in [1.29, 1.82) is 5.26 Å². The van der Waals surface area contributed by atoms with Crippen LogP contribution in [0.15, 0.2) is 23.1 Å². The molecule has 1 aliphatic rings. The standard InChI is InChI=1S/C15H21N3S/c1-3-8-18(12-10-17-11-12)14-6-5-7-15(19-4-2)13(14)9-16/h5-7,12,17H,3-4,8,10-11H2,1-2H3. The summed E-state index contributed by atoms with van der Waals surface area (Å²) in [6.45, 7) is 7.38. The lowest BCUT2D eigenvalue weighted by atomic mass is 10.1. The van der Waals surface area contributed by atoms with E-state index in [1.165, 1.54) is 0 Å². The van der Waals surface area contributed by atoms with E-state index >= 15 is 0 Å². The van der Waals surface area contributed by atoms with Crippen LogP contribution in [-0.2, 0) is 0 Å². The summed E-state index contributed by atoms with van der Waals surface area (Å²) < 4.78 is 0. The highest BCUT2D eigenvalue weighted by Crippen LogP contribution is 2.31. The average molecular weight is 275 g/mol. The van der Waals surface area contributed by atoms with E-state index in [-0.39, 0.29) is 0 Å². The van der Waals surface area contributed by atoms with Gasteiger partial charge in [0.2, 0.25) is 0 Å². The summed E-state index contributed by atoms with van der Waals surface area (Å²) in [7, 11) is 0. The lowest BCUT2D eigenvalue weighted by molar-refractivity contribution is 0.412. The van der Waals surface area contributed by atoms with Crippen LogP contribution in [0.25, 0.3) is 0 Å². The minimum absolute atomic E-state index is 0.536. The normalized spacial score (nSPS) is 14.8. The van der Waals surface area contributed by atoms with E-state index in [4.69, 9.17) is 0 Å². The second kappa shape index (κ2) is 6.83. The molecule has 0 atom stereocenters. The number of hydrogen-bond donors (Lipinski definition) is 1. The second-order valence-corrected chi connectivity index (χ2v) is 6.01. The van der Waals surface area contributed by atoms with Gasteiger partial charge in [-0.1, -0.05) is 19.9 Å². The highest BCUT2D eigenvalue weighted by molar-refractivity contribution is 7.99. The first kappa shape index (κ1) is 14.2. The van der Waals surface area contributed by atoms with Crippen LogP contribution >= 0.6 is 11.8 Å². The molecule has 0 radical (unpaired) electrons. The molecule has 0 aliphatic carbocycles. The molecule has 1 fully saturated rings. The minimum Gasteiger partial charge on any atom is -0.365 e. The molecule has 102 valence electrons. The van der Waals surface area contributed by atoms with E-state index in [1.54, 1.807) is 11.8 Å². The zero-order valence-electron chi connectivity index (χ0n) is 11.6. The average Bonchev–Trinajstić information content (AvgIpc) is 2.36. The first-order valence-electron chi connectivity index (χ1n) is 6.95. The molecule has 3 nitrogen and oxygen atoms in total. The van der Waals surface area contributed by atoms with Crippen molar-refractivity contribution in [2.45, 2.75) is 31.2 Å². The monoisotopic (exact) mass is 275 g/mol. The first-order valence-corrected chi connectivity index (χ1v) is 7.93. The van der Waals surface area contributed by atoms with E-state index in [0.29, 0.717) is 6.04 Å². The van der Waals surface area contributed by atoms with Crippen LogP contribution in [0.4, 0.5) is 5.69 Å². The fourth-order valence-electron chi connectivity index (χ4n) is 2.38. The van der Waals surface area contributed by atoms with Crippen LogP contribution in [0.5, 0.6) is 0 Å². The van der Waals surface area contributed by atoms with Crippen LogP contribution in [0.3, 0.4) is 0 Å². The van der Waals surface area contributed by atoms with Crippen LogP contribution in [-0.4, -0.2) is 31.4 Å². The number of hydrogen-bond acceptors (Lipinski definition) is 4. The maximum absolute atomic E-state index is 9.51. The van der Waals surface area contributed by atoms with Gasteiger partial charge in [0.15, 0.2) is 0 Å². The van der Waals surface area contributed by atoms with Gasteiger partial charge in [0.25, 0.3) is 0 Å². The fraction of sp³-hybridized carbons (Fsp3) is 0.533. The van der Waals surface area contributed by atoms with Gasteiger partial charge in [-0.25, -0.2) is 0 Å². The minimum atomic E-state index is 0.536. The quantitative estimate of drug-likeness (QED) is 0.810. The third-order valence-electron chi connectivity index (χ3n) is 3.39. The third kappa shape index (κ3) is 3.05. The van der Waals surface area contributed by atoms with E-state index in [1.807, 2.05) is 0 Å². The predicted molar refractivity (Wildman–Crippen MR) is 81.8 cm³/mol. The van der Waals surface area contributed by atoms with Crippen LogP contribution in [0, 0.1) is 11.3 Å². The Morgan fingerprint density at radius 3 is 2.74 bits per heavy atom. The number of anilines is 1. The summed E-state index contributed by atoms with van der Waals surface area (Å²) in [6.07, 6.45) is 1.10. The number of nitriles is 1. The predicted octanol–water partition coefficient (Wildman–Crippen LogP) is 2.86. The smallest absolute Gasteiger partial charge is 0.103 e. The van der Waals surface area contributed by atoms with Gasteiger partial charge in [0.05, 0.1) is 17.3 Å². The van der Waals surface area contributed by atoms with Crippen LogP contribution in [0.1, 0.15) is 25.8 Å². The zero-order valence-corrected chi connectivity index (χ0v) is 12.5. The number of benzene rings is 1. The topological polar surface area (TPSA) is 39.1 Å². The van der Waals surface area contributed by atoms with Crippen molar-refractivity contribution in [2.24, 2.45) is 0 Å². The van der Waals surface area contributed by atoms with Gasteiger partial charge in [-0.05, 0) is 24.3 Å². The Balaban J connectivity index is 2.35. The van der Waals surface area contributed by atoms with Crippen molar-refractivity contribution in [3.8, 4) is 6.07 Å². The van der Waals surface area contributed by atoms with Gasteiger partial charge in [-0.2, -0.15) is 5.26 Å². The van der Waals surface area contributed by atoms with Crippen molar-refractivity contribution in [3.63, 3.8) is 0 Å². The summed E-state index contributed by atoms with van der Waals surface area (Å²) in [5.74, 6) is 0.997. The molecule has 1 aliphatic heterocycles. The van der Waals surface area contributed by atoms with E-state index in [2.05, 4.69) is 48.3 Å². The van der Waals surface area contributed by atoms with Crippen LogP contribution < -0.4 is 10.2 Å². The molecule has 19 heavy (non-hydrogen) atoms. The fourth-order valence-corrected chi connectivity index (χ4v) is 3.16. The molecule has 0 aromatic heterocycles. The molecule has 1 aromatic rings. The van der Waals surface area contributed by atoms with Crippen molar-refractivity contribution in [1.82, 2.24) is 5.32 Å². The Labute approximate surface area is 120 Å². The summed E-state index contributed by atoms with van der Waals surface area (Å²) >= 11 is 1.75. The van der Waals surface area contributed by atoms with Gasteiger partial charge in [-0.3, -0.25) is 0 Å². The highest BCUT2D eigenvalue weighted by Gasteiger charge is 2.26. The molecule has 4 heteroatoms. The highest BCUT2D eigenvalue weighted by atomic mass is 32.2. The van der Waals surface area contributed by atoms with E-state index < -0.39 is 0 Å². The Morgan fingerprint density at radius 1 is 1.42 bits per heavy atom. The molecule has 1 heterocycles. The van der Waals surface area contributed by atoms with Gasteiger partial charge in [-0.15, -0.1) is 11.8 Å². The molecular weight excluding hydrogens is 254 g/mol. The van der Waals surface area contributed by atoms with Crippen LogP contribution in [0.2, 0.25) is 0 Å². The van der Waals surface area contributed by atoms with Crippen molar-refractivity contribution in [2.75, 3.05) is 30.3 Å². The Bertz CT molecular complexity index is 463. The summed E-state index contributed by atoms with van der Waals surface area (Å²) in [5.41, 5.74) is 1.95. The lowest BCUT2D eigenvalue weighted by Crippen LogP contribution is -2.57. The Hall–Kier alpha value is -1.18. The van der Waals surface area contributed by atoms with Gasteiger partial charge in [0.1, 0.15) is 6.07 Å². The molecule has 0 saturated carbocycles. The SMILES string of the molecule is CCCN(c1cccc(SCC)c1C#N)C1CNC1. The molecule has 0 unspecified atom stereocenters. The zero-order chi connectivity index (χ0) is 13.7. The maximum Gasteiger partial charge on any atom is 0.103 e. The van der Waals surface area contributed by atoms with Crippen molar-refractivity contribution in [3.05, 3.63) is 23.8 Å². The summed E-state index contributed by atoms with van der Waals surface area (Å²) in [6, 6.07) is 9.16. The molecule has 0 spiro atoms. The summed E-state index contributed by atoms with van der Waals surface area (Å²) in [5, 5.41) is 12.8. The molecule has 1 saturated heterocycles. The second-order valence-electron chi connectivity index (χ2n) is 4.70. The molecule has 1 aromatic carbocycles. The summed E-state index contributed by atoms with van der Waals surface area (Å²) in [4.78, 5) is 3.50. The third-order valence-corrected chi connectivity index (χ3v) is 4.33. The molecule has 0 bridgehead atoms. The largest absolute Gasteiger partial charge is 0.365 e. The number of rotatable bonds is 6.